The minimum absolute atomic E-state index is 0.00695. The number of nitrogens with one attached hydrogen (secondary N) is 1. The van der Waals surface area contributed by atoms with Crippen molar-refractivity contribution in [2.75, 3.05) is 5.75 Å². The lowest BCUT2D eigenvalue weighted by Gasteiger charge is -2.24. The summed E-state index contributed by atoms with van der Waals surface area (Å²) < 4.78 is 23.6. The molecule has 1 unspecified atom stereocenters. The van der Waals surface area contributed by atoms with Crippen molar-refractivity contribution in [3.8, 4) is 0 Å². The number of carboxylic acid groups (broad SMARTS) is 1. The van der Waals surface area contributed by atoms with Crippen LogP contribution in [0.25, 0.3) is 0 Å². The van der Waals surface area contributed by atoms with Gasteiger partial charge in [0.1, 0.15) is 11.3 Å². The van der Waals surface area contributed by atoms with Crippen LogP contribution in [0, 0.1) is 5.92 Å². The summed E-state index contributed by atoms with van der Waals surface area (Å²) in [7, 11) is -3.43. The number of carbonyl (C=O) groups excluding carboxylic acids is 1. The summed E-state index contributed by atoms with van der Waals surface area (Å²) in [4.78, 5) is 23.0. The molecule has 0 aliphatic carbocycles. The second-order valence-corrected chi connectivity index (χ2v) is 7.68. The Morgan fingerprint density at radius 3 is 2.42 bits per heavy atom. The van der Waals surface area contributed by atoms with Crippen LogP contribution in [0.3, 0.4) is 0 Å². The van der Waals surface area contributed by atoms with Crippen LogP contribution < -0.4 is 5.32 Å². The predicted molar refractivity (Wildman–Crippen MR) is 70.4 cm³/mol. The van der Waals surface area contributed by atoms with Crippen LogP contribution in [-0.2, 0) is 19.4 Å². The van der Waals surface area contributed by atoms with Gasteiger partial charge in [0.25, 0.3) is 0 Å². The Balaban J connectivity index is 2.73. The first-order valence-electron chi connectivity index (χ1n) is 6.49. The summed E-state index contributed by atoms with van der Waals surface area (Å²) in [6.45, 7) is 3.69. The van der Waals surface area contributed by atoms with Gasteiger partial charge in [-0.1, -0.05) is 20.3 Å². The molecule has 0 aromatic carbocycles. The van der Waals surface area contributed by atoms with E-state index in [1.54, 1.807) is 0 Å². The minimum Gasteiger partial charge on any atom is -0.480 e. The number of rotatable bonds is 5. The molecule has 1 rings (SSSR count). The van der Waals surface area contributed by atoms with Gasteiger partial charge in [-0.3, -0.25) is 4.79 Å². The van der Waals surface area contributed by atoms with Crippen molar-refractivity contribution in [3.05, 3.63) is 0 Å². The van der Waals surface area contributed by atoms with Crippen molar-refractivity contribution in [1.82, 2.24) is 5.32 Å². The average molecular weight is 291 g/mol. The number of sulfone groups is 1. The largest absolute Gasteiger partial charge is 0.480 e. The number of hydrogen-bond donors (Lipinski definition) is 2. The highest BCUT2D eigenvalue weighted by Crippen LogP contribution is 2.20. The highest BCUT2D eigenvalue weighted by molar-refractivity contribution is 7.92. The van der Waals surface area contributed by atoms with Crippen LogP contribution in [0.5, 0.6) is 0 Å². The fraction of sp³-hybridized carbons (Fsp3) is 0.833. The van der Waals surface area contributed by atoms with Gasteiger partial charge in [0.2, 0.25) is 5.91 Å². The van der Waals surface area contributed by atoms with E-state index >= 15 is 0 Å². The smallest absolute Gasteiger partial charge is 0.326 e. The van der Waals surface area contributed by atoms with E-state index in [2.05, 4.69) is 5.32 Å². The molecule has 1 amide bonds. The van der Waals surface area contributed by atoms with Crippen LogP contribution in [0.2, 0.25) is 0 Å². The third-order valence-electron chi connectivity index (χ3n) is 3.19. The Morgan fingerprint density at radius 2 is 1.95 bits per heavy atom. The van der Waals surface area contributed by atoms with Crippen molar-refractivity contribution in [1.29, 1.82) is 0 Å². The highest BCUT2D eigenvalue weighted by Gasteiger charge is 2.36. The summed E-state index contributed by atoms with van der Waals surface area (Å²) >= 11 is 0. The standard InChI is InChI=1S/C12H21NO5S/c1-8(2)7-9(12(15)16)13-11(14)10-5-3-4-6-19(10,17)18/h8-10H,3-7H2,1-2H3,(H,13,14)(H,15,16)/t9-,10?/m0/s1. The molecule has 7 heteroatoms. The van der Waals surface area contributed by atoms with Crippen LogP contribution in [0.1, 0.15) is 39.5 Å². The van der Waals surface area contributed by atoms with Crippen LogP contribution >= 0.6 is 0 Å². The second-order valence-electron chi connectivity index (χ2n) is 5.38. The molecule has 0 radical (unpaired) electrons. The number of aliphatic carboxylic acids is 1. The van der Waals surface area contributed by atoms with Gasteiger partial charge in [0.05, 0.1) is 5.75 Å². The first kappa shape index (κ1) is 15.9. The van der Waals surface area contributed by atoms with Gasteiger partial charge < -0.3 is 10.4 Å². The molecule has 1 aliphatic rings. The molecule has 2 atom stereocenters. The van der Waals surface area contributed by atoms with E-state index in [0.29, 0.717) is 12.8 Å². The topological polar surface area (TPSA) is 101 Å². The van der Waals surface area contributed by atoms with Gasteiger partial charge in [-0.2, -0.15) is 0 Å². The molecular formula is C12H21NO5S. The summed E-state index contributed by atoms with van der Waals surface area (Å²) in [5.74, 6) is -1.69. The van der Waals surface area contributed by atoms with Gasteiger partial charge in [-0.05, 0) is 25.2 Å². The fourth-order valence-corrected chi connectivity index (χ4v) is 4.02. The summed E-state index contributed by atoms with van der Waals surface area (Å²) in [6.07, 6.45) is 1.82. The average Bonchev–Trinajstić information content (AvgIpc) is 2.26. The number of amides is 1. The third kappa shape index (κ3) is 4.49. The van der Waals surface area contributed by atoms with Gasteiger partial charge in [0.15, 0.2) is 9.84 Å². The number of carbonyl (C=O) groups is 2. The summed E-state index contributed by atoms with van der Waals surface area (Å²) in [5, 5.41) is 10.3. The normalized spacial score (nSPS) is 23.8. The molecular weight excluding hydrogens is 270 g/mol. The quantitative estimate of drug-likeness (QED) is 0.771. The molecule has 110 valence electrons. The summed E-state index contributed by atoms with van der Waals surface area (Å²) in [5.41, 5.74) is 0. The first-order chi connectivity index (χ1) is 8.74. The van der Waals surface area contributed by atoms with Crippen LogP contribution in [0.4, 0.5) is 0 Å². The van der Waals surface area contributed by atoms with Gasteiger partial charge in [-0.25, -0.2) is 13.2 Å². The maximum atomic E-state index is 12.0. The Hall–Kier alpha value is -1.11. The lowest BCUT2D eigenvalue weighted by molar-refractivity contribution is -0.142. The molecule has 0 aromatic rings. The zero-order valence-electron chi connectivity index (χ0n) is 11.3. The maximum absolute atomic E-state index is 12.0. The molecule has 0 bridgehead atoms. The van der Waals surface area contributed by atoms with Crippen molar-refractivity contribution in [3.63, 3.8) is 0 Å². The van der Waals surface area contributed by atoms with Crippen molar-refractivity contribution >= 4 is 21.7 Å². The SMILES string of the molecule is CC(C)C[C@H](NC(=O)C1CCCCS1(=O)=O)C(=O)O. The Labute approximate surface area is 113 Å². The van der Waals surface area contributed by atoms with E-state index in [4.69, 9.17) is 5.11 Å². The van der Waals surface area contributed by atoms with E-state index in [-0.39, 0.29) is 24.5 Å². The molecule has 2 N–H and O–H groups in total. The lowest BCUT2D eigenvalue weighted by Crippen LogP contribution is -2.49. The highest BCUT2D eigenvalue weighted by atomic mass is 32.2. The van der Waals surface area contributed by atoms with E-state index in [9.17, 15) is 18.0 Å². The molecule has 1 aliphatic heterocycles. The molecule has 6 nitrogen and oxygen atoms in total. The van der Waals surface area contributed by atoms with Gasteiger partial charge >= 0.3 is 5.97 Å². The molecule has 19 heavy (non-hydrogen) atoms. The molecule has 0 aromatic heterocycles. The van der Waals surface area contributed by atoms with Crippen molar-refractivity contribution < 1.29 is 23.1 Å². The summed E-state index contributed by atoms with van der Waals surface area (Å²) in [6, 6.07) is -1.02. The maximum Gasteiger partial charge on any atom is 0.326 e. The third-order valence-corrected chi connectivity index (χ3v) is 5.37. The molecule has 1 heterocycles. The van der Waals surface area contributed by atoms with Crippen LogP contribution in [0.15, 0.2) is 0 Å². The van der Waals surface area contributed by atoms with Crippen molar-refractivity contribution in [2.45, 2.75) is 50.8 Å². The molecule has 0 saturated carbocycles. The van der Waals surface area contributed by atoms with E-state index in [1.165, 1.54) is 0 Å². The Morgan fingerprint density at radius 1 is 1.32 bits per heavy atom. The molecule has 1 fully saturated rings. The Kier molecular flexibility index (Phi) is 5.34. The second kappa shape index (κ2) is 6.36. The Bertz CT molecular complexity index is 443. The predicted octanol–water partition coefficient (Wildman–Crippen LogP) is 0.569. The lowest BCUT2D eigenvalue weighted by atomic mass is 10.0. The first-order valence-corrected chi connectivity index (χ1v) is 8.20. The number of carboxylic acids is 1. The van der Waals surface area contributed by atoms with E-state index in [0.717, 1.165) is 0 Å². The van der Waals surface area contributed by atoms with Crippen molar-refractivity contribution in [2.24, 2.45) is 5.92 Å². The molecule has 0 spiro atoms. The van der Waals surface area contributed by atoms with E-state index in [1.807, 2.05) is 13.8 Å². The van der Waals surface area contributed by atoms with Crippen LogP contribution in [-0.4, -0.2) is 42.4 Å². The van der Waals surface area contributed by atoms with E-state index < -0.39 is 33.0 Å². The zero-order chi connectivity index (χ0) is 14.6. The minimum atomic E-state index is -3.43. The zero-order valence-corrected chi connectivity index (χ0v) is 12.1. The number of hydrogen-bond acceptors (Lipinski definition) is 4. The monoisotopic (exact) mass is 291 g/mol. The van der Waals surface area contributed by atoms with Gasteiger partial charge in [-0.15, -0.1) is 0 Å². The van der Waals surface area contributed by atoms with Gasteiger partial charge in [0, 0.05) is 0 Å². The molecule has 1 saturated heterocycles. The fourth-order valence-electron chi connectivity index (χ4n) is 2.21.